The highest BCUT2D eigenvalue weighted by molar-refractivity contribution is 5.98. The van der Waals surface area contributed by atoms with Gasteiger partial charge in [-0.05, 0) is 90.3 Å². The Bertz CT molecular complexity index is 1650. The number of rotatable bonds is 8. The summed E-state index contributed by atoms with van der Waals surface area (Å²) >= 11 is 0. The van der Waals surface area contributed by atoms with Gasteiger partial charge in [-0.25, -0.2) is 8.78 Å². The van der Waals surface area contributed by atoms with E-state index in [4.69, 9.17) is 5.41 Å². The van der Waals surface area contributed by atoms with Crippen LogP contribution < -0.4 is 5.49 Å². The van der Waals surface area contributed by atoms with Crippen molar-refractivity contribution in [3.8, 4) is 11.1 Å². The van der Waals surface area contributed by atoms with E-state index in [1.807, 2.05) is 0 Å². The number of nitrogens with one attached hydrogen (secondary N) is 1. The number of aromatic nitrogens is 3. The molecular weight excluding hydrogens is 527 g/mol. The van der Waals surface area contributed by atoms with Gasteiger partial charge in [-0.15, -0.1) is 0 Å². The molecule has 4 aromatic rings. The Morgan fingerprint density at radius 3 is 2.50 bits per heavy atom. The molecule has 1 atom stereocenters. The molecule has 208 valence electrons. The number of ketones is 1. The lowest BCUT2D eigenvalue weighted by Crippen LogP contribution is -2.20. The van der Waals surface area contributed by atoms with Crippen molar-refractivity contribution in [1.29, 1.82) is 5.41 Å². The number of benzene rings is 2. The van der Waals surface area contributed by atoms with Crippen molar-refractivity contribution in [3.05, 3.63) is 106 Å². The second-order valence-corrected chi connectivity index (χ2v) is 10.4. The minimum Gasteiger partial charge on any atom is -0.326 e. The Hall–Kier alpha value is -4.08. The highest BCUT2D eigenvalue weighted by Gasteiger charge is 2.38. The van der Waals surface area contributed by atoms with Crippen molar-refractivity contribution in [1.82, 2.24) is 14.3 Å². The molecule has 2 heterocycles. The first kappa shape index (κ1) is 27.5. The van der Waals surface area contributed by atoms with Crippen LogP contribution in [0.15, 0.2) is 60.9 Å². The van der Waals surface area contributed by atoms with Crippen LogP contribution in [0, 0.1) is 29.9 Å². The van der Waals surface area contributed by atoms with E-state index in [9.17, 15) is 26.7 Å². The number of pyridine rings is 1. The van der Waals surface area contributed by atoms with Gasteiger partial charge in [-0.3, -0.25) is 14.9 Å². The smallest absolute Gasteiger partial charge is 0.326 e. The first-order valence-electron chi connectivity index (χ1n) is 12.8. The number of halogens is 5. The maximum atomic E-state index is 13.9. The van der Waals surface area contributed by atoms with Crippen LogP contribution in [0.1, 0.15) is 57.9 Å². The predicted molar refractivity (Wildman–Crippen MR) is 139 cm³/mol. The molecule has 0 aliphatic heterocycles. The molecule has 0 spiro atoms. The predicted octanol–water partition coefficient (Wildman–Crippen LogP) is 6.79. The van der Waals surface area contributed by atoms with Crippen molar-refractivity contribution < 1.29 is 26.7 Å². The molecule has 0 bridgehead atoms. The maximum absolute atomic E-state index is 13.9. The number of hydrogen-bond acceptors (Lipinski definition) is 3. The molecular formula is C30H27F5N4O. The quantitative estimate of drug-likeness (QED) is 0.193. The van der Waals surface area contributed by atoms with Crippen molar-refractivity contribution in [2.24, 2.45) is 13.0 Å². The third-order valence-corrected chi connectivity index (χ3v) is 7.27. The van der Waals surface area contributed by atoms with Crippen molar-refractivity contribution in [2.45, 2.75) is 44.8 Å². The average molecular weight is 555 g/mol. The Kier molecular flexibility index (Phi) is 7.20. The summed E-state index contributed by atoms with van der Waals surface area (Å²) in [4.78, 5) is 13.7. The van der Waals surface area contributed by atoms with Crippen LogP contribution in [-0.4, -0.2) is 20.1 Å². The molecule has 2 aromatic heterocycles. The zero-order valence-electron chi connectivity index (χ0n) is 21.9. The van der Waals surface area contributed by atoms with Crippen LogP contribution in [-0.2, 0) is 19.8 Å². The molecule has 40 heavy (non-hydrogen) atoms. The summed E-state index contributed by atoms with van der Waals surface area (Å²) in [7, 11) is 1.38. The Morgan fingerprint density at radius 2 is 1.82 bits per heavy atom. The molecule has 0 radical (unpaired) electrons. The molecule has 1 N–H and O–H groups in total. The van der Waals surface area contributed by atoms with Gasteiger partial charge < -0.3 is 4.57 Å². The van der Waals surface area contributed by atoms with Crippen molar-refractivity contribution in [2.75, 3.05) is 0 Å². The largest absolute Gasteiger partial charge is 0.435 e. The van der Waals surface area contributed by atoms with Crippen LogP contribution in [0.3, 0.4) is 0 Å². The second-order valence-electron chi connectivity index (χ2n) is 10.4. The molecule has 1 saturated carbocycles. The molecule has 1 fully saturated rings. The minimum atomic E-state index is -4.72. The fourth-order valence-corrected chi connectivity index (χ4v) is 5.12. The fourth-order valence-electron chi connectivity index (χ4n) is 5.12. The molecule has 5 rings (SSSR count). The lowest BCUT2D eigenvalue weighted by atomic mass is 9.86. The van der Waals surface area contributed by atoms with Gasteiger partial charge in [0.15, 0.2) is 11.5 Å². The molecule has 0 saturated heterocycles. The molecule has 0 unspecified atom stereocenters. The van der Waals surface area contributed by atoms with E-state index in [0.29, 0.717) is 11.1 Å². The highest BCUT2D eigenvalue weighted by Crippen LogP contribution is 2.45. The average Bonchev–Trinajstić information content (AvgIpc) is 3.65. The Labute approximate surface area is 227 Å². The summed E-state index contributed by atoms with van der Waals surface area (Å²) in [6.45, 7) is 1.63. The summed E-state index contributed by atoms with van der Waals surface area (Å²) in [6, 6.07) is 11.7. The van der Waals surface area contributed by atoms with E-state index in [0.717, 1.165) is 35.4 Å². The van der Waals surface area contributed by atoms with Gasteiger partial charge in [0.1, 0.15) is 17.1 Å². The fraction of sp³-hybridized carbons (Fsp3) is 0.300. The van der Waals surface area contributed by atoms with Gasteiger partial charge in [0, 0.05) is 43.5 Å². The summed E-state index contributed by atoms with van der Waals surface area (Å²) in [5.41, 5.74) is 0.848. The second kappa shape index (κ2) is 10.5. The number of carbonyl (C=O) groups is 1. The Morgan fingerprint density at radius 1 is 1.07 bits per heavy atom. The van der Waals surface area contributed by atoms with Crippen molar-refractivity contribution >= 4 is 5.78 Å². The van der Waals surface area contributed by atoms with E-state index >= 15 is 0 Å². The molecule has 0 amide bonds. The number of aryl methyl sites for hydroxylation is 2. The molecule has 1 aliphatic carbocycles. The van der Waals surface area contributed by atoms with E-state index in [1.165, 1.54) is 42.1 Å². The third kappa shape index (κ3) is 5.90. The number of Topliss-reactive ketones (excluding diaryl/α,β-unsaturated/α-hetero) is 1. The molecule has 10 heteroatoms. The highest BCUT2D eigenvalue weighted by atomic mass is 19.4. The first-order chi connectivity index (χ1) is 18.9. The maximum Gasteiger partial charge on any atom is 0.435 e. The SMILES string of the molecule is Cc1cc([C@@H](CC(=O)c2cc(Cn3cc(F)ccc3=N)cc(-c3cn(C)nc3C(F)(F)F)c2)C2CC2)ccc1F. The monoisotopic (exact) mass is 554 g/mol. The van der Waals surface area contributed by atoms with Crippen LogP contribution in [0.5, 0.6) is 0 Å². The normalized spacial score (nSPS) is 14.4. The zero-order chi connectivity index (χ0) is 28.8. The molecule has 5 nitrogen and oxygen atoms in total. The van der Waals surface area contributed by atoms with Crippen molar-refractivity contribution in [3.63, 3.8) is 0 Å². The van der Waals surface area contributed by atoms with Gasteiger partial charge in [-0.2, -0.15) is 18.3 Å². The molecule has 2 aromatic carbocycles. The molecule has 1 aliphatic rings. The standard InChI is InChI=1S/C30H27F5N4O/c1-17-9-20(5-7-26(17)32)24(19-3-4-19)13-27(40)22-11-18(14-39-15-23(31)6-8-28(39)36)10-21(12-22)25-16-38(2)37-29(25)30(33,34)35/h5-12,15-16,19,24,36H,3-4,13-14H2,1-2H3/t24-/m0/s1. The van der Waals surface area contributed by atoms with Gasteiger partial charge in [0.05, 0.1) is 0 Å². The van der Waals surface area contributed by atoms with Crippen LogP contribution >= 0.6 is 0 Å². The van der Waals surface area contributed by atoms with Gasteiger partial charge in [0.25, 0.3) is 0 Å². The first-order valence-corrected chi connectivity index (χ1v) is 12.8. The minimum absolute atomic E-state index is 0.00230. The van der Waals surface area contributed by atoms with Gasteiger partial charge in [0.2, 0.25) is 0 Å². The van der Waals surface area contributed by atoms with Gasteiger partial charge >= 0.3 is 6.18 Å². The van der Waals surface area contributed by atoms with E-state index in [1.54, 1.807) is 25.1 Å². The summed E-state index contributed by atoms with van der Waals surface area (Å²) < 4.78 is 71.7. The van der Waals surface area contributed by atoms with Gasteiger partial charge in [-0.1, -0.05) is 12.1 Å². The van der Waals surface area contributed by atoms with Crippen LogP contribution in [0.4, 0.5) is 22.0 Å². The van der Waals surface area contributed by atoms with E-state index in [-0.39, 0.29) is 58.6 Å². The zero-order valence-corrected chi connectivity index (χ0v) is 21.9. The Balaban J connectivity index is 1.57. The number of nitrogens with zero attached hydrogens (tertiary/aromatic N) is 3. The number of hydrogen-bond donors (Lipinski definition) is 1. The number of alkyl halides is 3. The summed E-state index contributed by atoms with van der Waals surface area (Å²) in [5.74, 6) is -1.06. The number of carbonyl (C=O) groups excluding carboxylic acids is 1. The van der Waals surface area contributed by atoms with Crippen LogP contribution in [0.2, 0.25) is 0 Å². The lowest BCUT2D eigenvalue weighted by Gasteiger charge is -2.18. The van der Waals surface area contributed by atoms with E-state index in [2.05, 4.69) is 5.10 Å². The third-order valence-electron chi connectivity index (χ3n) is 7.27. The summed E-state index contributed by atoms with van der Waals surface area (Å²) in [6.07, 6.45) is -0.370. The summed E-state index contributed by atoms with van der Waals surface area (Å²) in [5, 5.41) is 11.7. The lowest BCUT2D eigenvalue weighted by molar-refractivity contribution is -0.140. The van der Waals surface area contributed by atoms with E-state index < -0.39 is 17.7 Å². The van der Waals surface area contributed by atoms with Crippen LogP contribution in [0.25, 0.3) is 11.1 Å². The topological polar surface area (TPSA) is 63.7 Å².